The fourth-order valence-electron chi connectivity index (χ4n) is 2.71. The Hall–Kier alpha value is -1.30. The molecule has 2 aromatic heterocycles. The molecule has 3 nitrogen and oxygen atoms in total. The first-order chi connectivity index (χ1) is 10.6. The number of fused-ring (bicyclic) bond motifs is 1. The molecule has 1 aromatic carbocycles. The molecule has 0 unspecified atom stereocenters. The number of rotatable bonds is 2. The molecule has 0 bridgehead atoms. The van der Waals surface area contributed by atoms with Crippen molar-refractivity contribution in [3.63, 3.8) is 0 Å². The predicted molar refractivity (Wildman–Crippen MR) is 96.5 cm³/mol. The van der Waals surface area contributed by atoms with E-state index >= 15 is 0 Å². The zero-order valence-corrected chi connectivity index (χ0v) is 15.0. The Morgan fingerprint density at radius 2 is 2.18 bits per heavy atom. The van der Waals surface area contributed by atoms with Gasteiger partial charge in [0.05, 0.1) is 14.4 Å². The number of nitrogens with zero attached hydrogens (tertiary/aromatic N) is 2. The summed E-state index contributed by atoms with van der Waals surface area (Å²) < 4.78 is 3.09. The third-order valence-corrected chi connectivity index (χ3v) is 5.90. The molecule has 4 rings (SSSR count). The molecule has 0 atom stereocenters. The molecule has 1 N–H and O–H groups in total. The monoisotopic (exact) mass is 393 g/mol. The maximum Gasteiger partial charge on any atom is 0.133 e. The van der Waals surface area contributed by atoms with E-state index in [0.29, 0.717) is 0 Å². The highest BCUT2D eigenvalue weighted by atomic mass is 79.9. The minimum Gasteiger partial charge on any atom is -0.369 e. The number of anilines is 1. The molecule has 0 saturated heterocycles. The quantitative estimate of drug-likeness (QED) is 0.640. The van der Waals surface area contributed by atoms with E-state index in [1.165, 1.54) is 10.4 Å². The van der Waals surface area contributed by atoms with Gasteiger partial charge in [0.25, 0.3) is 0 Å². The van der Waals surface area contributed by atoms with Gasteiger partial charge in [-0.1, -0.05) is 17.7 Å². The van der Waals surface area contributed by atoms with Crippen LogP contribution in [0.2, 0.25) is 5.02 Å². The van der Waals surface area contributed by atoms with E-state index in [1.54, 1.807) is 11.3 Å². The molecule has 0 fully saturated rings. The van der Waals surface area contributed by atoms with Crippen molar-refractivity contribution in [2.24, 2.45) is 0 Å². The molecule has 22 heavy (non-hydrogen) atoms. The molecule has 6 heteroatoms. The lowest BCUT2D eigenvalue weighted by Gasteiger charge is -2.08. The third-order valence-electron chi connectivity index (χ3n) is 3.86. The van der Waals surface area contributed by atoms with Crippen LogP contribution in [0.3, 0.4) is 0 Å². The van der Waals surface area contributed by atoms with E-state index in [-0.39, 0.29) is 0 Å². The zero-order valence-electron chi connectivity index (χ0n) is 11.9. The van der Waals surface area contributed by atoms with Crippen molar-refractivity contribution in [3.05, 3.63) is 50.3 Å². The van der Waals surface area contributed by atoms with E-state index < -0.39 is 0 Å². The SMILES string of the molecule is Cc1ccc(-n2nc(-c3ccc(Br)s3)c3c2NCC3)cc1Cl. The maximum atomic E-state index is 6.28. The fraction of sp³-hybridized carbons (Fsp3) is 0.188. The fourth-order valence-corrected chi connectivity index (χ4v) is 4.29. The molecule has 0 amide bonds. The van der Waals surface area contributed by atoms with Gasteiger partial charge in [-0.3, -0.25) is 0 Å². The van der Waals surface area contributed by atoms with Crippen molar-refractivity contribution in [1.82, 2.24) is 9.78 Å². The molecule has 0 radical (unpaired) electrons. The van der Waals surface area contributed by atoms with Gasteiger partial charge in [-0.25, -0.2) is 4.68 Å². The van der Waals surface area contributed by atoms with Gasteiger partial charge in [-0.15, -0.1) is 11.3 Å². The molecule has 0 spiro atoms. The standard InChI is InChI=1S/C16H13BrClN3S/c1-9-2-3-10(8-12(9)18)21-16-11(6-7-19-16)15(20-21)13-4-5-14(17)22-13/h2-5,8,19H,6-7H2,1H3. The van der Waals surface area contributed by atoms with Crippen LogP contribution < -0.4 is 5.32 Å². The van der Waals surface area contributed by atoms with Crippen molar-refractivity contribution in [2.45, 2.75) is 13.3 Å². The Bertz CT molecular complexity index is 868. The second-order valence-electron chi connectivity index (χ2n) is 5.30. The van der Waals surface area contributed by atoms with Gasteiger partial charge in [0.1, 0.15) is 11.5 Å². The summed E-state index contributed by atoms with van der Waals surface area (Å²) in [7, 11) is 0. The molecular weight excluding hydrogens is 382 g/mol. The number of hydrogen-bond acceptors (Lipinski definition) is 3. The summed E-state index contributed by atoms with van der Waals surface area (Å²) in [5.41, 5.74) is 4.41. The number of aryl methyl sites for hydroxylation is 1. The van der Waals surface area contributed by atoms with Crippen molar-refractivity contribution < 1.29 is 0 Å². The summed E-state index contributed by atoms with van der Waals surface area (Å²) in [6.07, 6.45) is 1.000. The molecular formula is C16H13BrClN3S. The van der Waals surface area contributed by atoms with Gasteiger partial charge in [0.15, 0.2) is 0 Å². The molecule has 1 aliphatic heterocycles. The van der Waals surface area contributed by atoms with Gasteiger partial charge >= 0.3 is 0 Å². The normalized spacial score (nSPS) is 13.2. The average molecular weight is 395 g/mol. The lowest BCUT2D eigenvalue weighted by molar-refractivity contribution is 0.883. The number of benzene rings is 1. The number of nitrogens with one attached hydrogen (secondary N) is 1. The van der Waals surface area contributed by atoms with Gasteiger partial charge in [0, 0.05) is 17.1 Å². The molecule has 3 aromatic rings. The van der Waals surface area contributed by atoms with E-state index in [0.717, 1.165) is 44.5 Å². The summed E-state index contributed by atoms with van der Waals surface area (Å²) in [5.74, 6) is 1.08. The van der Waals surface area contributed by atoms with Crippen molar-refractivity contribution in [2.75, 3.05) is 11.9 Å². The minimum absolute atomic E-state index is 0.764. The number of aromatic nitrogens is 2. The highest BCUT2D eigenvalue weighted by molar-refractivity contribution is 9.11. The highest BCUT2D eigenvalue weighted by Gasteiger charge is 2.24. The lowest BCUT2D eigenvalue weighted by Crippen LogP contribution is -2.04. The summed E-state index contributed by atoms with van der Waals surface area (Å²) in [6.45, 7) is 2.96. The third kappa shape index (κ3) is 2.28. The van der Waals surface area contributed by atoms with Crippen molar-refractivity contribution >= 4 is 44.7 Å². The maximum absolute atomic E-state index is 6.28. The van der Waals surface area contributed by atoms with Gasteiger partial charge in [-0.2, -0.15) is 5.10 Å². The molecule has 112 valence electrons. The smallest absolute Gasteiger partial charge is 0.133 e. The second kappa shape index (κ2) is 5.41. The Balaban J connectivity index is 1.89. The number of hydrogen-bond donors (Lipinski definition) is 1. The summed E-state index contributed by atoms with van der Waals surface area (Å²) in [4.78, 5) is 1.18. The second-order valence-corrected chi connectivity index (χ2v) is 8.17. The van der Waals surface area contributed by atoms with Gasteiger partial charge < -0.3 is 5.32 Å². The first kappa shape index (κ1) is 14.3. The average Bonchev–Trinajstić information content (AvgIpc) is 3.17. The summed E-state index contributed by atoms with van der Waals surface area (Å²) >= 11 is 11.5. The number of halogens is 2. The van der Waals surface area contributed by atoms with Crippen LogP contribution in [0.1, 0.15) is 11.1 Å². The predicted octanol–water partition coefficient (Wildman–Crippen LogP) is 5.29. The zero-order chi connectivity index (χ0) is 15.3. The van der Waals surface area contributed by atoms with Crippen molar-refractivity contribution in [1.29, 1.82) is 0 Å². The lowest BCUT2D eigenvalue weighted by atomic mass is 10.2. The van der Waals surface area contributed by atoms with Crippen LogP contribution in [-0.2, 0) is 6.42 Å². The van der Waals surface area contributed by atoms with Crippen LogP contribution in [0, 0.1) is 6.92 Å². The first-order valence-electron chi connectivity index (χ1n) is 7.01. The Kier molecular flexibility index (Phi) is 3.51. The summed E-state index contributed by atoms with van der Waals surface area (Å²) in [5, 5.41) is 9.05. The molecule has 1 aliphatic rings. The largest absolute Gasteiger partial charge is 0.369 e. The van der Waals surface area contributed by atoms with Crippen LogP contribution in [-0.4, -0.2) is 16.3 Å². The molecule has 3 heterocycles. The van der Waals surface area contributed by atoms with Crippen LogP contribution in [0.25, 0.3) is 16.3 Å². The highest BCUT2D eigenvalue weighted by Crippen LogP contribution is 2.39. The van der Waals surface area contributed by atoms with Crippen LogP contribution in [0.15, 0.2) is 34.1 Å². The Morgan fingerprint density at radius 1 is 1.32 bits per heavy atom. The van der Waals surface area contributed by atoms with Crippen LogP contribution in [0.4, 0.5) is 5.82 Å². The van der Waals surface area contributed by atoms with Crippen LogP contribution in [0.5, 0.6) is 0 Å². The van der Waals surface area contributed by atoms with Crippen molar-refractivity contribution in [3.8, 4) is 16.3 Å². The number of thiophene rings is 1. The first-order valence-corrected chi connectivity index (χ1v) is 9.00. The molecule has 0 aliphatic carbocycles. The van der Waals surface area contributed by atoms with E-state index in [4.69, 9.17) is 16.7 Å². The Morgan fingerprint density at radius 3 is 2.91 bits per heavy atom. The van der Waals surface area contributed by atoms with Gasteiger partial charge in [0.2, 0.25) is 0 Å². The van der Waals surface area contributed by atoms with E-state index in [2.05, 4.69) is 39.4 Å². The topological polar surface area (TPSA) is 29.9 Å². The molecule has 0 saturated carbocycles. The van der Waals surface area contributed by atoms with E-state index in [1.807, 2.05) is 23.7 Å². The summed E-state index contributed by atoms with van der Waals surface area (Å²) in [6, 6.07) is 10.2. The van der Waals surface area contributed by atoms with Gasteiger partial charge in [-0.05, 0) is 59.1 Å². The van der Waals surface area contributed by atoms with E-state index in [9.17, 15) is 0 Å². The Labute approximate surface area is 146 Å². The minimum atomic E-state index is 0.764. The van der Waals surface area contributed by atoms with Crippen LogP contribution >= 0.6 is 38.9 Å².